The van der Waals surface area contributed by atoms with Crippen LogP contribution in [-0.4, -0.2) is 72.1 Å². The van der Waals surface area contributed by atoms with E-state index in [2.05, 4.69) is 5.32 Å². The van der Waals surface area contributed by atoms with Gasteiger partial charge in [-0.25, -0.2) is 4.79 Å². The largest absolute Gasteiger partial charge is 0.481 e. The number of hydrogen-bond acceptors (Lipinski definition) is 4. The second-order valence-corrected chi connectivity index (χ2v) is 5.88. The van der Waals surface area contributed by atoms with Crippen LogP contribution in [0.4, 0.5) is 4.79 Å². The number of nitrogens with one attached hydrogen (secondary N) is 1. The van der Waals surface area contributed by atoms with Crippen molar-refractivity contribution in [3.8, 4) is 0 Å². The van der Waals surface area contributed by atoms with Crippen molar-refractivity contribution in [1.29, 1.82) is 0 Å². The molecular weight excluding hydrogens is 276 g/mol. The minimum absolute atomic E-state index is 0.110. The van der Waals surface area contributed by atoms with Gasteiger partial charge in [-0.2, -0.15) is 0 Å². The van der Waals surface area contributed by atoms with E-state index in [9.17, 15) is 14.4 Å². The summed E-state index contributed by atoms with van der Waals surface area (Å²) in [5.74, 6) is -1.27. The quantitative estimate of drug-likeness (QED) is 0.600. The number of nitrogens with two attached hydrogens (primary N) is 1. The topological polar surface area (TPSA) is 116 Å². The summed E-state index contributed by atoms with van der Waals surface area (Å²) >= 11 is 0. The number of rotatable bonds is 6. The maximum atomic E-state index is 12.0. The van der Waals surface area contributed by atoms with Crippen molar-refractivity contribution in [3.05, 3.63) is 0 Å². The Kier molecular flexibility index (Phi) is 5.95. The van der Waals surface area contributed by atoms with Gasteiger partial charge in [0, 0.05) is 39.3 Å². The average Bonchev–Trinajstić information content (AvgIpc) is 2.43. The van der Waals surface area contributed by atoms with Crippen molar-refractivity contribution in [2.45, 2.75) is 20.3 Å². The highest BCUT2D eigenvalue weighted by Crippen LogP contribution is 2.12. The minimum atomic E-state index is -0.816. The van der Waals surface area contributed by atoms with E-state index in [0.29, 0.717) is 32.7 Å². The van der Waals surface area contributed by atoms with Crippen LogP contribution in [0.5, 0.6) is 0 Å². The van der Waals surface area contributed by atoms with Crippen LogP contribution < -0.4 is 11.1 Å². The number of carbonyl (C=O) groups excluding carboxylic acids is 2. The normalized spacial score (nSPS) is 16.6. The van der Waals surface area contributed by atoms with E-state index in [0.717, 1.165) is 0 Å². The third-order valence-electron chi connectivity index (χ3n) is 3.65. The Morgan fingerprint density at radius 1 is 1.19 bits per heavy atom. The van der Waals surface area contributed by atoms with Gasteiger partial charge in [-0.3, -0.25) is 14.5 Å². The summed E-state index contributed by atoms with van der Waals surface area (Å²) in [7, 11) is 0. The number of aliphatic carboxylic acids is 1. The number of piperazine rings is 1. The van der Waals surface area contributed by atoms with Crippen molar-refractivity contribution >= 4 is 17.9 Å². The molecule has 4 N–H and O–H groups in total. The van der Waals surface area contributed by atoms with Crippen LogP contribution in [0.15, 0.2) is 0 Å². The molecule has 3 amide bonds. The van der Waals surface area contributed by atoms with Gasteiger partial charge in [0.2, 0.25) is 5.91 Å². The van der Waals surface area contributed by atoms with Crippen LogP contribution in [0, 0.1) is 5.41 Å². The Morgan fingerprint density at radius 3 is 2.24 bits per heavy atom. The number of urea groups is 1. The molecule has 1 saturated heterocycles. The zero-order valence-electron chi connectivity index (χ0n) is 12.6. The van der Waals surface area contributed by atoms with E-state index >= 15 is 0 Å². The number of carbonyl (C=O) groups is 3. The van der Waals surface area contributed by atoms with Crippen LogP contribution >= 0.6 is 0 Å². The fourth-order valence-electron chi connectivity index (χ4n) is 1.92. The molecule has 0 radical (unpaired) electrons. The average molecular weight is 300 g/mol. The summed E-state index contributed by atoms with van der Waals surface area (Å²) in [6.45, 7) is 6.45. The van der Waals surface area contributed by atoms with E-state index in [1.807, 2.05) is 4.90 Å². The molecular formula is C13H24N4O4. The van der Waals surface area contributed by atoms with Crippen LogP contribution in [0.25, 0.3) is 0 Å². The Balaban J connectivity index is 2.32. The van der Waals surface area contributed by atoms with Crippen LogP contribution in [-0.2, 0) is 9.59 Å². The molecule has 1 heterocycles. The molecule has 0 aromatic carbocycles. The third kappa shape index (κ3) is 5.58. The lowest BCUT2D eigenvalue weighted by Crippen LogP contribution is -2.53. The molecule has 8 nitrogen and oxygen atoms in total. The number of primary amides is 1. The number of carboxylic acids is 1. The first-order chi connectivity index (χ1) is 9.72. The van der Waals surface area contributed by atoms with Crippen molar-refractivity contribution < 1.29 is 19.5 Å². The molecule has 0 aromatic rings. The zero-order valence-corrected chi connectivity index (χ0v) is 12.6. The van der Waals surface area contributed by atoms with Gasteiger partial charge in [0.1, 0.15) is 0 Å². The summed E-state index contributed by atoms with van der Waals surface area (Å²) in [4.78, 5) is 37.4. The van der Waals surface area contributed by atoms with Gasteiger partial charge in [0.25, 0.3) is 0 Å². The molecule has 120 valence electrons. The van der Waals surface area contributed by atoms with Gasteiger partial charge in [0.15, 0.2) is 0 Å². The fraction of sp³-hybridized carbons (Fsp3) is 0.769. The second-order valence-electron chi connectivity index (χ2n) is 5.88. The van der Waals surface area contributed by atoms with Gasteiger partial charge in [-0.05, 0) is 13.8 Å². The monoisotopic (exact) mass is 300 g/mol. The predicted molar refractivity (Wildman–Crippen MR) is 76.6 cm³/mol. The Hall–Kier alpha value is -1.83. The smallest absolute Gasteiger partial charge is 0.317 e. The SMILES string of the molecule is CC(C)(CNC(=O)N1CCN(CCC(=O)O)CC1)C(N)=O. The van der Waals surface area contributed by atoms with E-state index < -0.39 is 17.3 Å². The van der Waals surface area contributed by atoms with E-state index in [1.54, 1.807) is 18.7 Å². The first-order valence-corrected chi connectivity index (χ1v) is 6.99. The summed E-state index contributed by atoms with van der Waals surface area (Å²) in [6.07, 6.45) is 0.110. The molecule has 8 heteroatoms. The lowest BCUT2D eigenvalue weighted by molar-refractivity contribution is -0.137. The van der Waals surface area contributed by atoms with E-state index in [1.165, 1.54) is 0 Å². The molecule has 0 saturated carbocycles. The van der Waals surface area contributed by atoms with Crippen LogP contribution in [0.1, 0.15) is 20.3 Å². The van der Waals surface area contributed by atoms with Gasteiger partial charge >= 0.3 is 12.0 Å². The first-order valence-electron chi connectivity index (χ1n) is 6.99. The van der Waals surface area contributed by atoms with Crippen LogP contribution in [0.3, 0.4) is 0 Å². The number of carboxylic acid groups (broad SMARTS) is 1. The zero-order chi connectivity index (χ0) is 16.0. The van der Waals surface area contributed by atoms with E-state index in [-0.39, 0.29) is 19.0 Å². The number of amides is 3. The van der Waals surface area contributed by atoms with E-state index in [4.69, 9.17) is 10.8 Å². The minimum Gasteiger partial charge on any atom is -0.481 e. The molecule has 0 aliphatic carbocycles. The Morgan fingerprint density at radius 2 is 1.76 bits per heavy atom. The molecule has 1 aliphatic rings. The third-order valence-corrected chi connectivity index (χ3v) is 3.65. The summed E-state index contributed by atoms with van der Waals surface area (Å²) < 4.78 is 0. The first kappa shape index (κ1) is 17.2. The summed E-state index contributed by atoms with van der Waals surface area (Å²) in [5.41, 5.74) is 4.47. The van der Waals surface area contributed by atoms with Gasteiger partial charge in [0.05, 0.1) is 11.8 Å². The molecule has 21 heavy (non-hydrogen) atoms. The standard InChI is InChI=1S/C13H24N4O4/c1-13(2,11(14)20)9-15-12(21)17-7-5-16(6-8-17)4-3-10(18)19/h3-9H2,1-2H3,(H2,14,20)(H,15,21)(H,18,19). The molecule has 0 bridgehead atoms. The maximum absolute atomic E-state index is 12.0. The highest BCUT2D eigenvalue weighted by Gasteiger charge is 2.27. The lowest BCUT2D eigenvalue weighted by atomic mass is 9.93. The molecule has 0 atom stereocenters. The van der Waals surface area contributed by atoms with Crippen molar-refractivity contribution in [2.75, 3.05) is 39.3 Å². The highest BCUT2D eigenvalue weighted by molar-refractivity contribution is 5.81. The summed E-state index contributed by atoms with van der Waals surface area (Å²) in [6, 6.07) is -0.220. The second kappa shape index (κ2) is 7.26. The van der Waals surface area contributed by atoms with Crippen LogP contribution in [0.2, 0.25) is 0 Å². The predicted octanol–water partition coefficient (Wildman–Crippen LogP) is -0.700. The Bertz CT molecular complexity index is 403. The van der Waals surface area contributed by atoms with Crippen molar-refractivity contribution in [2.24, 2.45) is 11.1 Å². The van der Waals surface area contributed by atoms with Crippen molar-refractivity contribution in [3.63, 3.8) is 0 Å². The molecule has 0 aromatic heterocycles. The lowest BCUT2D eigenvalue weighted by Gasteiger charge is -2.35. The van der Waals surface area contributed by atoms with Gasteiger partial charge in [-0.1, -0.05) is 0 Å². The fourth-order valence-corrected chi connectivity index (χ4v) is 1.92. The molecule has 1 aliphatic heterocycles. The molecule has 1 fully saturated rings. The molecule has 0 spiro atoms. The molecule has 0 unspecified atom stereocenters. The highest BCUT2D eigenvalue weighted by atomic mass is 16.4. The number of hydrogen-bond donors (Lipinski definition) is 3. The maximum Gasteiger partial charge on any atom is 0.317 e. The number of nitrogens with zero attached hydrogens (tertiary/aromatic N) is 2. The Labute approximate surface area is 124 Å². The van der Waals surface area contributed by atoms with Crippen molar-refractivity contribution in [1.82, 2.24) is 15.1 Å². The van der Waals surface area contributed by atoms with Gasteiger partial charge in [-0.15, -0.1) is 0 Å². The summed E-state index contributed by atoms with van der Waals surface area (Å²) in [5, 5.41) is 11.3. The van der Waals surface area contributed by atoms with Gasteiger partial charge < -0.3 is 21.1 Å². The molecule has 1 rings (SSSR count).